The van der Waals surface area contributed by atoms with Crippen LogP contribution in [0, 0.1) is 17.8 Å². The predicted octanol–water partition coefficient (Wildman–Crippen LogP) is 5.52. The second-order valence-electron chi connectivity index (χ2n) is 5.68. The first-order valence-electron chi connectivity index (χ1n) is 7.14. The van der Waals surface area contributed by atoms with Gasteiger partial charge in [-0.05, 0) is 55.1 Å². The van der Waals surface area contributed by atoms with Crippen LogP contribution in [0.2, 0.25) is 0 Å². The standard InChI is InChI=1S/C17H28/c1-7-9-16(10-12(3)8-2)11-13(4)17-14(5)15(17)6/h13,15,17H,5,7-9,11H2,1-4,6H3. The summed E-state index contributed by atoms with van der Waals surface area (Å²) in [7, 11) is 0. The fourth-order valence-electron chi connectivity index (χ4n) is 2.77. The van der Waals surface area contributed by atoms with E-state index in [1.165, 1.54) is 36.0 Å². The van der Waals surface area contributed by atoms with Gasteiger partial charge in [0.05, 0.1) is 0 Å². The number of rotatable bonds is 6. The summed E-state index contributed by atoms with van der Waals surface area (Å²) in [4.78, 5) is 0. The zero-order chi connectivity index (χ0) is 13.0. The topological polar surface area (TPSA) is 0 Å². The molecular weight excluding hydrogens is 204 g/mol. The van der Waals surface area contributed by atoms with E-state index in [1.807, 2.05) is 0 Å². The highest BCUT2D eigenvalue weighted by molar-refractivity contribution is 5.26. The van der Waals surface area contributed by atoms with Crippen molar-refractivity contribution in [1.82, 2.24) is 0 Å². The average molecular weight is 232 g/mol. The van der Waals surface area contributed by atoms with E-state index in [1.54, 1.807) is 0 Å². The van der Waals surface area contributed by atoms with Gasteiger partial charge in [-0.15, -0.1) is 5.73 Å². The van der Waals surface area contributed by atoms with Crippen LogP contribution in [0.5, 0.6) is 0 Å². The van der Waals surface area contributed by atoms with Gasteiger partial charge >= 0.3 is 0 Å². The van der Waals surface area contributed by atoms with Crippen LogP contribution < -0.4 is 0 Å². The first kappa shape index (κ1) is 14.3. The zero-order valence-electron chi connectivity index (χ0n) is 12.3. The molecule has 0 heterocycles. The van der Waals surface area contributed by atoms with Crippen LogP contribution in [0.25, 0.3) is 0 Å². The molecule has 17 heavy (non-hydrogen) atoms. The largest absolute Gasteiger partial charge is 0.123 e. The summed E-state index contributed by atoms with van der Waals surface area (Å²) in [6.45, 7) is 15.5. The third-order valence-electron chi connectivity index (χ3n) is 4.10. The van der Waals surface area contributed by atoms with Crippen molar-refractivity contribution in [1.29, 1.82) is 0 Å². The monoisotopic (exact) mass is 232 g/mol. The smallest absolute Gasteiger partial charge is 0.0111 e. The summed E-state index contributed by atoms with van der Waals surface area (Å²) < 4.78 is 0. The van der Waals surface area contributed by atoms with E-state index in [-0.39, 0.29) is 0 Å². The molecule has 0 bridgehead atoms. The van der Waals surface area contributed by atoms with Gasteiger partial charge in [-0.1, -0.05) is 46.3 Å². The molecule has 1 aliphatic carbocycles. The second-order valence-corrected chi connectivity index (χ2v) is 5.68. The third kappa shape index (κ3) is 3.89. The Morgan fingerprint density at radius 2 is 2.00 bits per heavy atom. The molecule has 0 N–H and O–H groups in total. The van der Waals surface area contributed by atoms with E-state index in [4.69, 9.17) is 0 Å². The van der Waals surface area contributed by atoms with Crippen LogP contribution in [0.15, 0.2) is 29.0 Å². The fraction of sp³-hybridized carbons (Fsp3) is 0.706. The quantitative estimate of drug-likeness (QED) is 0.418. The molecule has 1 rings (SSSR count). The zero-order valence-corrected chi connectivity index (χ0v) is 12.3. The number of hydrogen-bond donors (Lipinski definition) is 0. The van der Waals surface area contributed by atoms with Crippen molar-refractivity contribution in [2.75, 3.05) is 0 Å². The molecule has 1 aliphatic rings. The van der Waals surface area contributed by atoms with Gasteiger partial charge in [-0.3, -0.25) is 0 Å². The number of allylic oxidation sites excluding steroid dienone is 2. The maximum atomic E-state index is 4.15. The highest BCUT2D eigenvalue weighted by Crippen LogP contribution is 2.50. The summed E-state index contributed by atoms with van der Waals surface area (Å²) in [5.74, 6) is 2.27. The van der Waals surface area contributed by atoms with Gasteiger partial charge in [0.2, 0.25) is 0 Å². The summed E-state index contributed by atoms with van der Waals surface area (Å²) in [5.41, 5.74) is 7.99. The van der Waals surface area contributed by atoms with Gasteiger partial charge in [-0.25, -0.2) is 0 Å². The van der Waals surface area contributed by atoms with Gasteiger partial charge in [0.25, 0.3) is 0 Å². The lowest BCUT2D eigenvalue weighted by Gasteiger charge is -2.12. The SMILES string of the molecule is C=C1C(C)C1C(C)CC(=C=C(C)CC)CCC. The van der Waals surface area contributed by atoms with Crippen LogP contribution in [0.4, 0.5) is 0 Å². The summed E-state index contributed by atoms with van der Waals surface area (Å²) in [6, 6.07) is 0. The summed E-state index contributed by atoms with van der Waals surface area (Å²) >= 11 is 0. The Morgan fingerprint density at radius 1 is 1.41 bits per heavy atom. The lowest BCUT2D eigenvalue weighted by Crippen LogP contribution is -2.01. The van der Waals surface area contributed by atoms with E-state index in [9.17, 15) is 0 Å². The fourth-order valence-corrected chi connectivity index (χ4v) is 2.77. The summed E-state index contributed by atoms with van der Waals surface area (Å²) in [5, 5.41) is 0. The molecule has 96 valence electrons. The molecule has 0 amide bonds. The molecule has 0 radical (unpaired) electrons. The molecule has 0 nitrogen and oxygen atoms in total. The molecule has 1 fully saturated rings. The van der Waals surface area contributed by atoms with Gasteiger partial charge in [0.1, 0.15) is 0 Å². The highest BCUT2D eigenvalue weighted by atomic mass is 14.5. The third-order valence-corrected chi connectivity index (χ3v) is 4.10. The Kier molecular flexibility index (Phi) is 5.28. The Morgan fingerprint density at radius 3 is 2.41 bits per heavy atom. The lowest BCUT2D eigenvalue weighted by atomic mass is 9.93. The van der Waals surface area contributed by atoms with E-state index < -0.39 is 0 Å². The van der Waals surface area contributed by atoms with Crippen molar-refractivity contribution in [2.45, 2.75) is 60.3 Å². The predicted molar refractivity (Wildman–Crippen MR) is 77.0 cm³/mol. The van der Waals surface area contributed by atoms with Crippen LogP contribution in [-0.4, -0.2) is 0 Å². The van der Waals surface area contributed by atoms with Crippen LogP contribution in [0.3, 0.4) is 0 Å². The molecule has 3 atom stereocenters. The Hall–Kier alpha value is -0.740. The van der Waals surface area contributed by atoms with E-state index in [0.29, 0.717) is 0 Å². The molecule has 0 aromatic heterocycles. The molecule has 0 heteroatoms. The minimum Gasteiger partial charge on any atom is -0.123 e. The molecule has 0 aromatic rings. The van der Waals surface area contributed by atoms with Gasteiger partial charge in [-0.2, -0.15) is 0 Å². The van der Waals surface area contributed by atoms with Crippen molar-refractivity contribution < 1.29 is 0 Å². The Balaban J connectivity index is 2.68. The van der Waals surface area contributed by atoms with Gasteiger partial charge in [0, 0.05) is 0 Å². The van der Waals surface area contributed by atoms with Crippen molar-refractivity contribution in [3.05, 3.63) is 29.0 Å². The molecule has 0 aromatic carbocycles. The first-order valence-corrected chi connectivity index (χ1v) is 7.14. The molecule has 0 aliphatic heterocycles. The van der Waals surface area contributed by atoms with E-state index in [0.717, 1.165) is 24.2 Å². The van der Waals surface area contributed by atoms with Crippen molar-refractivity contribution in [3.63, 3.8) is 0 Å². The maximum absolute atomic E-state index is 4.15. The minimum absolute atomic E-state index is 0.746. The van der Waals surface area contributed by atoms with Crippen LogP contribution in [0.1, 0.15) is 60.3 Å². The van der Waals surface area contributed by atoms with E-state index >= 15 is 0 Å². The molecule has 1 saturated carbocycles. The summed E-state index contributed by atoms with van der Waals surface area (Å²) in [6.07, 6.45) is 4.76. The van der Waals surface area contributed by atoms with Crippen molar-refractivity contribution >= 4 is 0 Å². The normalized spacial score (nSPS) is 24.2. The molecular formula is C17H28. The number of hydrogen-bond acceptors (Lipinski definition) is 0. The van der Waals surface area contributed by atoms with Crippen molar-refractivity contribution in [3.8, 4) is 0 Å². The van der Waals surface area contributed by atoms with Gasteiger partial charge in [0.15, 0.2) is 0 Å². The van der Waals surface area contributed by atoms with Gasteiger partial charge < -0.3 is 0 Å². The molecule has 3 unspecified atom stereocenters. The van der Waals surface area contributed by atoms with Crippen LogP contribution in [-0.2, 0) is 0 Å². The average Bonchev–Trinajstić information content (AvgIpc) is 2.86. The Labute approximate surface area is 108 Å². The van der Waals surface area contributed by atoms with E-state index in [2.05, 4.69) is 46.9 Å². The first-order chi connectivity index (χ1) is 8.01. The minimum atomic E-state index is 0.746. The highest BCUT2D eigenvalue weighted by Gasteiger charge is 2.41. The second kappa shape index (κ2) is 6.26. The molecule has 0 spiro atoms. The Bertz CT molecular complexity index is 339. The molecule has 0 saturated heterocycles. The lowest BCUT2D eigenvalue weighted by molar-refractivity contribution is 0.480. The van der Waals surface area contributed by atoms with Crippen LogP contribution >= 0.6 is 0 Å². The maximum Gasteiger partial charge on any atom is -0.0111 e. The van der Waals surface area contributed by atoms with Crippen molar-refractivity contribution in [2.24, 2.45) is 17.8 Å².